The molecule has 0 spiro atoms. The second-order valence-electron chi connectivity index (χ2n) is 7.04. The number of H-pyrrole nitrogens is 1. The standard InChI is InChI=1S/C20H27N5O5/c1-4-6-11-23(19(27)14-10-8-9-13(3)15(14)25(29)30)16-17(21)24(12-7-5-2)20(28)22-18(16)26/h8-10H,4-7,11-12,21H2,1-3H3,(H,22,26,28). The van der Waals surface area contributed by atoms with Crippen LogP contribution in [0.25, 0.3) is 0 Å². The molecule has 2 aromatic rings. The Hall–Kier alpha value is -3.43. The van der Waals surface area contributed by atoms with Crippen molar-refractivity contribution in [3.8, 4) is 0 Å². The van der Waals surface area contributed by atoms with Gasteiger partial charge in [0.15, 0.2) is 5.69 Å². The van der Waals surface area contributed by atoms with Crippen LogP contribution in [0.15, 0.2) is 27.8 Å². The summed E-state index contributed by atoms with van der Waals surface area (Å²) in [6.07, 6.45) is 2.71. The minimum Gasteiger partial charge on any atom is -0.383 e. The van der Waals surface area contributed by atoms with Crippen LogP contribution >= 0.6 is 0 Å². The summed E-state index contributed by atoms with van der Waals surface area (Å²) < 4.78 is 1.22. The van der Waals surface area contributed by atoms with Crippen molar-refractivity contribution in [2.45, 2.75) is 53.0 Å². The number of anilines is 2. The smallest absolute Gasteiger partial charge is 0.330 e. The second kappa shape index (κ2) is 9.86. The van der Waals surface area contributed by atoms with Gasteiger partial charge in [0.25, 0.3) is 17.2 Å². The highest BCUT2D eigenvalue weighted by Gasteiger charge is 2.30. The zero-order valence-electron chi connectivity index (χ0n) is 17.4. The highest BCUT2D eigenvalue weighted by atomic mass is 16.6. The minimum atomic E-state index is -0.801. The summed E-state index contributed by atoms with van der Waals surface area (Å²) in [5.41, 5.74) is 4.41. The van der Waals surface area contributed by atoms with Gasteiger partial charge in [-0.25, -0.2) is 4.79 Å². The number of carbonyl (C=O) groups is 1. The van der Waals surface area contributed by atoms with Gasteiger partial charge in [0.05, 0.1) is 4.92 Å². The first-order chi connectivity index (χ1) is 14.2. The first-order valence-electron chi connectivity index (χ1n) is 9.92. The predicted octanol–water partition coefficient (Wildman–Crippen LogP) is 2.58. The van der Waals surface area contributed by atoms with Crippen LogP contribution in [-0.4, -0.2) is 26.9 Å². The number of carbonyl (C=O) groups excluding carboxylic acids is 1. The van der Waals surface area contributed by atoms with Crippen LogP contribution in [0.2, 0.25) is 0 Å². The van der Waals surface area contributed by atoms with Crippen molar-refractivity contribution in [2.24, 2.45) is 0 Å². The van der Waals surface area contributed by atoms with E-state index in [1.165, 1.54) is 23.6 Å². The molecule has 1 amide bonds. The van der Waals surface area contributed by atoms with E-state index >= 15 is 0 Å². The molecule has 0 saturated heterocycles. The average Bonchev–Trinajstić information content (AvgIpc) is 2.69. The van der Waals surface area contributed by atoms with Crippen molar-refractivity contribution in [3.63, 3.8) is 0 Å². The lowest BCUT2D eigenvalue weighted by atomic mass is 10.1. The van der Waals surface area contributed by atoms with Crippen LogP contribution in [-0.2, 0) is 6.54 Å². The minimum absolute atomic E-state index is 0.125. The second-order valence-corrected chi connectivity index (χ2v) is 7.04. The lowest BCUT2D eigenvalue weighted by Gasteiger charge is -2.24. The zero-order chi connectivity index (χ0) is 22.4. The summed E-state index contributed by atoms with van der Waals surface area (Å²) in [7, 11) is 0. The summed E-state index contributed by atoms with van der Waals surface area (Å²) in [4.78, 5) is 52.5. The number of nitro benzene ring substituents is 1. The molecule has 1 heterocycles. The van der Waals surface area contributed by atoms with Gasteiger partial charge in [-0.1, -0.05) is 38.8 Å². The maximum absolute atomic E-state index is 13.4. The molecule has 3 N–H and O–H groups in total. The number of benzene rings is 1. The zero-order valence-corrected chi connectivity index (χ0v) is 17.4. The molecule has 0 fully saturated rings. The summed E-state index contributed by atoms with van der Waals surface area (Å²) in [5.74, 6) is -0.839. The molecular formula is C20H27N5O5. The van der Waals surface area contributed by atoms with Crippen molar-refractivity contribution in [1.82, 2.24) is 9.55 Å². The van der Waals surface area contributed by atoms with Crippen molar-refractivity contribution >= 4 is 23.1 Å². The first kappa shape index (κ1) is 22.9. The highest BCUT2D eigenvalue weighted by Crippen LogP contribution is 2.27. The maximum Gasteiger partial charge on any atom is 0.330 e. The van der Waals surface area contributed by atoms with E-state index in [-0.39, 0.29) is 35.8 Å². The van der Waals surface area contributed by atoms with E-state index in [2.05, 4.69) is 4.98 Å². The van der Waals surface area contributed by atoms with Crippen LogP contribution < -0.4 is 21.9 Å². The molecule has 30 heavy (non-hydrogen) atoms. The van der Waals surface area contributed by atoms with Crippen molar-refractivity contribution in [2.75, 3.05) is 17.2 Å². The normalized spacial score (nSPS) is 10.8. The Morgan fingerprint density at radius 3 is 2.50 bits per heavy atom. The van der Waals surface area contributed by atoms with Gasteiger partial charge in [-0.15, -0.1) is 0 Å². The molecule has 0 atom stereocenters. The van der Waals surface area contributed by atoms with Crippen LogP contribution in [0, 0.1) is 17.0 Å². The van der Waals surface area contributed by atoms with Crippen LogP contribution in [0.5, 0.6) is 0 Å². The lowest BCUT2D eigenvalue weighted by molar-refractivity contribution is -0.385. The molecule has 0 aliphatic rings. The number of aryl methyl sites for hydroxylation is 1. The number of unbranched alkanes of at least 4 members (excludes halogenated alkanes) is 2. The van der Waals surface area contributed by atoms with E-state index in [1.54, 1.807) is 6.07 Å². The highest BCUT2D eigenvalue weighted by molar-refractivity contribution is 6.10. The molecule has 0 saturated carbocycles. The topological polar surface area (TPSA) is 144 Å². The Balaban J connectivity index is 2.69. The van der Waals surface area contributed by atoms with E-state index in [0.717, 1.165) is 11.3 Å². The molecular weight excluding hydrogens is 390 g/mol. The Morgan fingerprint density at radius 2 is 1.90 bits per heavy atom. The van der Waals surface area contributed by atoms with Crippen LogP contribution in [0.3, 0.4) is 0 Å². The monoisotopic (exact) mass is 417 g/mol. The Morgan fingerprint density at radius 1 is 1.23 bits per heavy atom. The van der Waals surface area contributed by atoms with Gasteiger partial charge < -0.3 is 10.6 Å². The maximum atomic E-state index is 13.4. The number of hydrogen-bond acceptors (Lipinski definition) is 6. The Labute approximate surface area is 173 Å². The Bertz CT molecular complexity index is 1060. The number of aromatic nitrogens is 2. The fourth-order valence-electron chi connectivity index (χ4n) is 3.23. The van der Waals surface area contributed by atoms with Gasteiger partial charge in [-0.2, -0.15) is 0 Å². The molecule has 1 aromatic heterocycles. The predicted molar refractivity (Wildman–Crippen MR) is 115 cm³/mol. The number of hydrogen-bond donors (Lipinski definition) is 2. The number of para-hydroxylation sites is 1. The summed E-state index contributed by atoms with van der Waals surface area (Å²) in [5, 5.41) is 11.6. The first-order valence-corrected chi connectivity index (χ1v) is 9.92. The quantitative estimate of drug-likeness (QED) is 0.474. The Kier molecular flexibility index (Phi) is 7.51. The van der Waals surface area contributed by atoms with Gasteiger partial charge in [0, 0.05) is 18.7 Å². The molecule has 0 bridgehead atoms. The number of nitrogen functional groups attached to an aromatic ring is 1. The van der Waals surface area contributed by atoms with E-state index in [4.69, 9.17) is 5.73 Å². The molecule has 0 radical (unpaired) electrons. The van der Waals surface area contributed by atoms with E-state index in [0.29, 0.717) is 24.8 Å². The third-order valence-corrected chi connectivity index (χ3v) is 4.85. The number of aromatic amines is 1. The molecule has 2 rings (SSSR count). The lowest BCUT2D eigenvalue weighted by Crippen LogP contribution is -2.41. The van der Waals surface area contributed by atoms with E-state index in [9.17, 15) is 24.5 Å². The van der Waals surface area contributed by atoms with Gasteiger partial charge in [0.2, 0.25) is 0 Å². The SMILES string of the molecule is CCCCN(C(=O)c1cccc(C)c1[N+](=O)[O-])c1c(N)n(CCCC)c(=O)[nH]c1=O. The number of rotatable bonds is 9. The van der Waals surface area contributed by atoms with Crippen molar-refractivity contribution in [1.29, 1.82) is 0 Å². The molecule has 162 valence electrons. The number of nitrogens with one attached hydrogen (secondary N) is 1. The fourth-order valence-corrected chi connectivity index (χ4v) is 3.23. The molecule has 0 unspecified atom stereocenters. The molecule has 10 nitrogen and oxygen atoms in total. The number of amides is 1. The number of nitrogens with two attached hydrogens (primary N) is 1. The van der Waals surface area contributed by atoms with Crippen molar-refractivity contribution in [3.05, 3.63) is 60.3 Å². The van der Waals surface area contributed by atoms with E-state index in [1.807, 2.05) is 13.8 Å². The van der Waals surface area contributed by atoms with Crippen molar-refractivity contribution < 1.29 is 9.72 Å². The number of nitro groups is 1. The van der Waals surface area contributed by atoms with Crippen LogP contribution in [0.1, 0.15) is 55.5 Å². The number of nitrogens with zero attached hydrogens (tertiary/aromatic N) is 3. The van der Waals surface area contributed by atoms with Crippen LogP contribution in [0.4, 0.5) is 17.2 Å². The summed E-state index contributed by atoms with van der Waals surface area (Å²) in [6, 6.07) is 4.44. The van der Waals surface area contributed by atoms with Gasteiger partial charge in [0.1, 0.15) is 11.4 Å². The largest absolute Gasteiger partial charge is 0.383 e. The summed E-state index contributed by atoms with van der Waals surface area (Å²) in [6.45, 7) is 5.80. The molecule has 1 aromatic carbocycles. The molecule has 0 aliphatic heterocycles. The third-order valence-electron chi connectivity index (χ3n) is 4.85. The molecule has 10 heteroatoms. The van der Waals surface area contributed by atoms with E-state index < -0.39 is 22.1 Å². The summed E-state index contributed by atoms with van der Waals surface area (Å²) >= 11 is 0. The van der Waals surface area contributed by atoms with Gasteiger partial charge in [-0.05, 0) is 25.8 Å². The third kappa shape index (κ3) is 4.58. The fraction of sp³-hybridized carbons (Fsp3) is 0.450. The average molecular weight is 417 g/mol. The van der Waals surface area contributed by atoms with Gasteiger partial charge in [-0.3, -0.25) is 29.3 Å². The molecule has 0 aliphatic carbocycles. The van der Waals surface area contributed by atoms with Gasteiger partial charge >= 0.3 is 5.69 Å².